The fourth-order valence-corrected chi connectivity index (χ4v) is 1.82. The van der Waals surface area contributed by atoms with Crippen LogP contribution in [0.4, 0.5) is 4.39 Å². The van der Waals surface area contributed by atoms with E-state index in [1.54, 1.807) is 6.07 Å². The first-order chi connectivity index (χ1) is 6.53. The van der Waals surface area contributed by atoms with E-state index in [2.05, 4.69) is 0 Å². The Morgan fingerprint density at radius 2 is 1.93 bits per heavy atom. The average Bonchev–Trinajstić information content (AvgIpc) is 2.20. The fourth-order valence-electron chi connectivity index (χ4n) is 1.51. The summed E-state index contributed by atoms with van der Waals surface area (Å²) >= 11 is 5.99. The van der Waals surface area contributed by atoms with Crippen molar-refractivity contribution in [2.75, 3.05) is 0 Å². The minimum atomic E-state index is -0.515. The van der Waals surface area contributed by atoms with Crippen molar-refractivity contribution in [3.05, 3.63) is 34.6 Å². The maximum absolute atomic E-state index is 13.0. The molecule has 1 aromatic carbocycles. The molecule has 0 unspecified atom stereocenters. The molecular weight excluding hydrogens is 201 g/mol. The van der Waals surface area contributed by atoms with Gasteiger partial charge in [0.25, 0.3) is 0 Å². The van der Waals surface area contributed by atoms with Crippen molar-refractivity contribution in [2.45, 2.75) is 32.2 Å². The molecule has 14 heavy (non-hydrogen) atoms. The fraction of sp³-hybridized carbons (Fsp3) is 0.455. The van der Waals surface area contributed by atoms with Gasteiger partial charge in [0.05, 0.1) is 0 Å². The van der Waals surface area contributed by atoms with Crippen molar-refractivity contribution >= 4 is 11.6 Å². The van der Waals surface area contributed by atoms with E-state index >= 15 is 0 Å². The van der Waals surface area contributed by atoms with Gasteiger partial charge in [-0.2, -0.15) is 0 Å². The molecule has 2 N–H and O–H groups in total. The van der Waals surface area contributed by atoms with Crippen LogP contribution in [0.2, 0.25) is 5.02 Å². The molecule has 3 heteroatoms. The van der Waals surface area contributed by atoms with E-state index in [9.17, 15) is 4.39 Å². The Balaban J connectivity index is 3.22. The molecule has 1 rings (SSSR count). The van der Waals surface area contributed by atoms with Crippen molar-refractivity contribution in [3.8, 4) is 0 Å². The van der Waals surface area contributed by atoms with Crippen molar-refractivity contribution < 1.29 is 4.39 Å². The maximum Gasteiger partial charge on any atom is 0.123 e. The molecule has 0 aliphatic rings. The summed E-state index contributed by atoms with van der Waals surface area (Å²) in [4.78, 5) is 0. The molecule has 0 fully saturated rings. The van der Waals surface area contributed by atoms with Crippen molar-refractivity contribution in [1.29, 1.82) is 0 Å². The number of rotatable bonds is 3. The summed E-state index contributed by atoms with van der Waals surface area (Å²) in [6.07, 6.45) is 1.49. The molecule has 0 radical (unpaired) electrons. The summed E-state index contributed by atoms with van der Waals surface area (Å²) in [6, 6.07) is 4.33. The van der Waals surface area contributed by atoms with Gasteiger partial charge < -0.3 is 5.73 Å². The van der Waals surface area contributed by atoms with Gasteiger partial charge in [-0.25, -0.2) is 4.39 Å². The highest BCUT2D eigenvalue weighted by atomic mass is 35.5. The van der Waals surface area contributed by atoms with Crippen molar-refractivity contribution in [3.63, 3.8) is 0 Å². The Hall–Kier alpha value is -0.600. The van der Waals surface area contributed by atoms with Crippen LogP contribution in [0.3, 0.4) is 0 Å². The summed E-state index contributed by atoms with van der Waals surface area (Å²) in [5.41, 5.74) is 6.32. The van der Waals surface area contributed by atoms with E-state index in [0.717, 1.165) is 12.8 Å². The second-order valence-corrected chi connectivity index (χ2v) is 3.89. The molecule has 0 bridgehead atoms. The molecule has 0 aromatic heterocycles. The van der Waals surface area contributed by atoms with E-state index in [-0.39, 0.29) is 5.82 Å². The average molecular weight is 216 g/mol. The molecular formula is C11H15ClFN. The Morgan fingerprint density at radius 3 is 2.43 bits per heavy atom. The minimum Gasteiger partial charge on any atom is -0.321 e. The third-order valence-electron chi connectivity index (χ3n) is 2.73. The van der Waals surface area contributed by atoms with E-state index in [0.29, 0.717) is 10.6 Å². The summed E-state index contributed by atoms with van der Waals surface area (Å²) in [7, 11) is 0. The molecule has 0 aliphatic heterocycles. The predicted molar refractivity (Wildman–Crippen MR) is 57.9 cm³/mol. The number of halogens is 2. The number of nitrogens with two attached hydrogens (primary N) is 1. The van der Waals surface area contributed by atoms with Crippen LogP contribution in [0.5, 0.6) is 0 Å². The second kappa shape index (κ2) is 4.28. The number of hydrogen-bond acceptors (Lipinski definition) is 1. The van der Waals surface area contributed by atoms with Crippen LogP contribution in [-0.2, 0) is 5.54 Å². The van der Waals surface area contributed by atoms with Crippen LogP contribution in [0.15, 0.2) is 18.2 Å². The summed E-state index contributed by atoms with van der Waals surface area (Å²) in [5, 5.41) is 0.539. The normalized spacial score (nSPS) is 11.8. The Morgan fingerprint density at radius 1 is 1.36 bits per heavy atom. The van der Waals surface area contributed by atoms with Gasteiger partial charge in [-0.05, 0) is 36.6 Å². The SMILES string of the molecule is CCC(N)(CC)c1cc(F)ccc1Cl. The van der Waals surface area contributed by atoms with Crippen LogP contribution in [0.1, 0.15) is 32.3 Å². The van der Waals surface area contributed by atoms with Crippen molar-refractivity contribution in [1.82, 2.24) is 0 Å². The summed E-state index contributed by atoms with van der Waals surface area (Å²) in [6.45, 7) is 3.95. The lowest BCUT2D eigenvalue weighted by Gasteiger charge is -2.28. The van der Waals surface area contributed by atoms with Gasteiger partial charge in [0.2, 0.25) is 0 Å². The van der Waals surface area contributed by atoms with Crippen LogP contribution in [0.25, 0.3) is 0 Å². The van der Waals surface area contributed by atoms with Crippen LogP contribution < -0.4 is 5.73 Å². The van der Waals surface area contributed by atoms with Crippen LogP contribution >= 0.6 is 11.6 Å². The second-order valence-electron chi connectivity index (χ2n) is 3.49. The van der Waals surface area contributed by atoms with Gasteiger partial charge in [0.15, 0.2) is 0 Å². The van der Waals surface area contributed by atoms with Gasteiger partial charge in [-0.15, -0.1) is 0 Å². The molecule has 0 heterocycles. The third kappa shape index (κ3) is 2.07. The summed E-state index contributed by atoms with van der Waals surface area (Å²) in [5.74, 6) is -0.291. The van der Waals surface area contributed by atoms with E-state index < -0.39 is 5.54 Å². The zero-order valence-corrected chi connectivity index (χ0v) is 9.24. The molecule has 0 saturated heterocycles. The highest BCUT2D eigenvalue weighted by Gasteiger charge is 2.25. The molecule has 0 spiro atoms. The Labute approximate surface area is 89.1 Å². The Bertz CT molecular complexity index is 321. The van der Waals surface area contributed by atoms with E-state index in [1.807, 2.05) is 13.8 Å². The molecule has 0 saturated carbocycles. The quantitative estimate of drug-likeness (QED) is 0.821. The lowest BCUT2D eigenvalue weighted by molar-refractivity contribution is 0.410. The maximum atomic E-state index is 13.0. The lowest BCUT2D eigenvalue weighted by Crippen LogP contribution is -2.35. The lowest BCUT2D eigenvalue weighted by atomic mass is 9.86. The first-order valence-corrected chi connectivity index (χ1v) is 5.15. The van der Waals surface area contributed by atoms with Gasteiger partial charge >= 0.3 is 0 Å². The topological polar surface area (TPSA) is 26.0 Å². The minimum absolute atomic E-state index is 0.291. The van der Waals surface area contributed by atoms with Crippen LogP contribution in [-0.4, -0.2) is 0 Å². The largest absolute Gasteiger partial charge is 0.321 e. The first-order valence-electron chi connectivity index (χ1n) is 4.78. The molecule has 1 nitrogen and oxygen atoms in total. The predicted octanol–water partition coefficient (Wildman–Crippen LogP) is 3.45. The number of hydrogen-bond donors (Lipinski definition) is 1. The highest BCUT2D eigenvalue weighted by Crippen LogP contribution is 2.31. The zero-order chi connectivity index (χ0) is 10.8. The van der Waals surface area contributed by atoms with E-state index in [1.165, 1.54) is 12.1 Å². The van der Waals surface area contributed by atoms with E-state index in [4.69, 9.17) is 17.3 Å². The first kappa shape index (κ1) is 11.5. The molecule has 78 valence electrons. The van der Waals surface area contributed by atoms with Gasteiger partial charge in [0, 0.05) is 10.6 Å². The number of benzene rings is 1. The standard InChI is InChI=1S/C11H15ClFN/c1-3-11(14,4-2)9-7-8(13)5-6-10(9)12/h5-7H,3-4,14H2,1-2H3. The summed E-state index contributed by atoms with van der Waals surface area (Å²) < 4.78 is 13.0. The smallest absolute Gasteiger partial charge is 0.123 e. The molecule has 0 atom stereocenters. The monoisotopic (exact) mass is 215 g/mol. The van der Waals surface area contributed by atoms with Crippen LogP contribution in [0, 0.1) is 5.82 Å². The molecule has 1 aromatic rings. The molecule has 0 aliphatic carbocycles. The third-order valence-corrected chi connectivity index (χ3v) is 3.06. The highest BCUT2D eigenvalue weighted by molar-refractivity contribution is 6.31. The Kier molecular flexibility index (Phi) is 3.51. The zero-order valence-electron chi connectivity index (χ0n) is 8.48. The van der Waals surface area contributed by atoms with Gasteiger partial charge in [-0.3, -0.25) is 0 Å². The van der Waals surface area contributed by atoms with Gasteiger partial charge in [-0.1, -0.05) is 25.4 Å². The van der Waals surface area contributed by atoms with Crippen molar-refractivity contribution in [2.24, 2.45) is 5.73 Å². The van der Waals surface area contributed by atoms with Gasteiger partial charge in [0.1, 0.15) is 5.82 Å². The molecule has 0 amide bonds.